The van der Waals surface area contributed by atoms with E-state index in [0.717, 1.165) is 5.69 Å². The molecule has 0 bridgehead atoms. The van der Waals surface area contributed by atoms with E-state index in [4.69, 9.17) is 5.11 Å². The summed E-state index contributed by atoms with van der Waals surface area (Å²) in [6.07, 6.45) is 0. The van der Waals surface area contributed by atoms with Crippen molar-refractivity contribution >= 4 is 34.4 Å². The van der Waals surface area contributed by atoms with Crippen molar-refractivity contribution in [2.45, 2.75) is 26.2 Å². The lowest BCUT2D eigenvalue weighted by Crippen LogP contribution is -2.40. The van der Waals surface area contributed by atoms with Crippen molar-refractivity contribution in [2.24, 2.45) is 0 Å². The summed E-state index contributed by atoms with van der Waals surface area (Å²) in [6, 6.07) is -0.574. The van der Waals surface area contributed by atoms with Crippen molar-refractivity contribution in [3.63, 3.8) is 0 Å². The quantitative estimate of drug-likeness (QED) is 0.639. The van der Waals surface area contributed by atoms with Crippen LogP contribution in [0.15, 0.2) is 5.38 Å². The molecule has 8 nitrogen and oxygen atoms in total. The number of hydrogen-bond acceptors (Lipinski definition) is 5. The lowest BCUT2D eigenvalue weighted by Gasteiger charge is -2.14. The third-order valence-corrected chi connectivity index (χ3v) is 3.10. The molecule has 1 aromatic heterocycles. The van der Waals surface area contributed by atoms with Gasteiger partial charge in [0.25, 0.3) is 0 Å². The molecule has 1 rings (SSSR count). The summed E-state index contributed by atoms with van der Waals surface area (Å²) in [5, 5.41) is 17.6. The smallest absolute Gasteiger partial charge is 0.322 e. The van der Waals surface area contributed by atoms with Gasteiger partial charge in [-0.2, -0.15) is 0 Å². The average molecular weight is 314 g/mol. The van der Waals surface area contributed by atoms with E-state index in [0.29, 0.717) is 5.13 Å². The molecular formula is C12H18N4O4S. The number of nitrogens with zero attached hydrogens (tertiary/aromatic N) is 1. The van der Waals surface area contributed by atoms with Crippen LogP contribution < -0.4 is 16.0 Å². The van der Waals surface area contributed by atoms with Crippen LogP contribution in [0.2, 0.25) is 0 Å². The molecule has 0 radical (unpaired) electrons. The number of carbonyl (C=O) groups excluding carboxylic acids is 2. The lowest BCUT2D eigenvalue weighted by atomic mass is 9.93. The summed E-state index contributed by atoms with van der Waals surface area (Å²) in [7, 11) is 0. The normalized spacial score (nSPS) is 10.8. The molecule has 0 aliphatic heterocycles. The van der Waals surface area contributed by atoms with Gasteiger partial charge in [0.2, 0.25) is 5.91 Å². The molecule has 0 spiro atoms. The maximum absolute atomic E-state index is 11.6. The first-order valence-electron chi connectivity index (χ1n) is 6.18. The Labute approximate surface area is 126 Å². The monoisotopic (exact) mass is 314 g/mol. The van der Waals surface area contributed by atoms with Gasteiger partial charge in [-0.05, 0) is 0 Å². The van der Waals surface area contributed by atoms with Crippen molar-refractivity contribution in [3.8, 4) is 0 Å². The first-order chi connectivity index (χ1) is 9.68. The van der Waals surface area contributed by atoms with Crippen molar-refractivity contribution in [1.29, 1.82) is 0 Å². The minimum Gasteiger partial charge on any atom is -0.480 e. The Hall–Kier alpha value is -2.16. The van der Waals surface area contributed by atoms with Crippen molar-refractivity contribution in [3.05, 3.63) is 11.1 Å². The molecule has 1 aromatic rings. The fraction of sp³-hybridized carbons (Fsp3) is 0.500. The third-order valence-electron chi connectivity index (χ3n) is 2.34. The van der Waals surface area contributed by atoms with Crippen LogP contribution in [0.4, 0.5) is 9.93 Å². The zero-order chi connectivity index (χ0) is 16.0. The number of carboxylic acids is 1. The van der Waals surface area contributed by atoms with E-state index in [9.17, 15) is 14.4 Å². The summed E-state index contributed by atoms with van der Waals surface area (Å²) >= 11 is 1.29. The maximum Gasteiger partial charge on any atom is 0.322 e. The number of aromatic nitrogens is 1. The predicted molar refractivity (Wildman–Crippen MR) is 78.5 cm³/mol. The largest absolute Gasteiger partial charge is 0.480 e. The number of carboxylic acid groups (broad SMARTS) is 1. The van der Waals surface area contributed by atoms with Gasteiger partial charge in [-0.25, -0.2) is 9.78 Å². The summed E-state index contributed by atoms with van der Waals surface area (Å²) < 4.78 is 0. The Bertz CT molecular complexity index is 536. The second kappa shape index (κ2) is 7.02. The molecule has 0 unspecified atom stereocenters. The lowest BCUT2D eigenvalue weighted by molar-refractivity contribution is -0.137. The van der Waals surface area contributed by atoms with Gasteiger partial charge in [0.05, 0.1) is 12.2 Å². The Morgan fingerprint density at radius 1 is 1.24 bits per heavy atom. The van der Waals surface area contributed by atoms with Crippen molar-refractivity contribution in [1.82, 2.24) is 15.6 Å². The molecule has 0 aliphatic rings. The van der Waals surface area contributed by atoms with Crippen LogP contribution in [0.1, 0.15) is 26.5 Å². The fourth-order valence-corrected chi connectivity index (χ4v) is 2.15. The van der Waals surface area contributed by atoms with E-state index in [1.54, 1.807) is 0 Å². The van der Waals surface area contributed by atoms with E-state index < -0.39 is 24.5 Å². The summed E-state index contributed by atoms with van der Waals surface area (Å²) in [4.78, 5) is 37.3. The highest BCUT2D eigenvalue weighted by molar-refractivity contribution is 7.13. The number of aliphatic carboxylic acids is 1. The van der Waals surface area contributed by atoms with Crippen molar-refractivity contribution in [2.75, 3.05) is 18.4 Å². The average Bonchev–Trinajstić information content (AvgIpc) is 2.82. The van der Waals surface area contributed by atoms with Crippen molar-refractivity contribution < 1.29 is 19.5 Å². The SMILES string of the molecule is CC(C)(C)c1csc(NC(=O)NCC(=O)NCC(=O)O)n1. The van der Waals surface area contributed by atoms with Crippen LogP contribution in [-0.4, -0.2) is 41.1 Å². The molecule has 0 aromatic carbocycles. The highest BCUT2D eigenvalue weighted by Crippen LogP contribution is 2.26. The molecule has 0 saturated carbocycles. The Morgan fingerprint density at radius 3 is 2.43 bits per heavy atom. The maximum atomic E-state index is 11.6. The Morgan fingerprint density at radius 2 is 1.90 bits per heavy atom. The number of urea groups is 1. The number of thiazole rings is 1. The van der Waals surface area contributed by atoms with Crippen LogP contribution in [-0.2, 0) is 15.0 Å². The molecule has 3 amide bonds. The highest BCUT2D eigenvalue weighted by atomic mass is 32.1. The molecule has 4 N–H and O–H groups in total. The summed E-state index contributed by atoms with van der Waals surface area (Å²) in [5.41, 5.74) is 0.755. The van der Waals surface area contributed by atoms with Gasteiger partial charge in [0, 0.05) is 10.8 Å². The van der Waals surface area contributed by atoms with Gasteiger partial charge in [-0.1, -0.05) is 20.8 Å². The van der Waals surface area contributed by atoms with Gasteiger partial charge in [0.1, 0.15) is 6.54 Å². The Balaban J connectivity index is 2.39. The Kier molecular flexibility index (Phi) is 5.65. The van der Waals surface area contributed by atoms with Crippen LogP contribution >= 0.6 is 11.3 Å². The van der Waals surface area contributed by atoms with Gasteiger partial charge in [-0.15, -0.1) is 11.3 Å². The topological polar surface area (TPSA) is 120 Å². The minimum atomic E-state index is -1.15. The van der Waals surface area contributed by atoms with E-state index in [1.165, 1.54) is 11.3 Å². The number of nitrogens with one attached hydrogen (secondary N) is 3. The predicted octanol–water partition coefficient (Wildman–Crippen LogP) is 0.763. The van der Waals surface area contributed by atoms with Gasteiger partial charge in [0.15, 0.2) is 5.13 Å². The van der Waals surface area contributed by atoms with Gasteiger partial charge >= 0.3 is 12.0 Å². The van der Waals surface area contributed by atoms with Crippen LogP contribution in [0.5, 0.6) is 0 Å². The molecule has 0 saturated heterocycles. The highest BCUT2D eigenvalue weighted by Gasteiger charge is 2.18. The number of carbonyl (C=O) groups is 3. The van der Waals surface area contributed by atoms with Crippen LogP contribution in [0.25, 0.3) is 0 Å². The van der Waals surface area contributed by atoms with Crippen LogP contribution in [0.3, 0.4) is 0 Å². The zero-order valence-electron chi connectivity index (χ0n) is 12.0. The van der Waals surface area contributed by atoms with E-state index in [2.05, 4.69) is 20.9 Å². The minimum absolute atomic E-state index is 0.108. The van der Waals surface area contributed by atoms with E-state index >= 15 is 0 Å². The van der Waals surface area contributed by atoms with E-state index in [1.807, 2.05) is 26.2 Å². The molecule has 9 heteroatoms. The summed E-state index contributed by atoms with van der Waals surface area (Å²) in [6.45, 7) is 5.25. The molecule has 0 atom stereocenters. The molecular weight excluding hydrogens is 296 g/mol. The number of hydrogen-bond donors (Lipinski definition) is 4. The molecule has 0 aliphatic carbocycles. The van der Waals surface area contributed by atoms with Gasteiger partial charge in [-0.3, -0.25) is 14.9 Å². The van der Waals surface area contributed by atoms with Crippen LogP contribution in [0, 0.1) is 0 Å². The molecule has 1 heterocycles. The number of amides is 3. The summed E-state index contributed by atoms with van der Waals surface area (Å²) in [5.74, 6) is -1.73. The molecule has 0 fully saturated rings. The second-order valence-corrected chi connectivity index (χ2v) is 6.12. The molecule has 116 valence electrons. The third kappa shape index (κ3) is 6.21. The first kappa shape index (κ1) is 16.9. The first-order valence-corrected chi connectivity index (χ1v) is 7.06. The second-order valence-electron chi connectivity index (χ2n) is 5.27. The van der Waals surface area contributed by atoms with Gasteiger partial charge < -0.3 is 15.7 Å². The standard InChI is InChI=1S/C12H18N4O4S/c1-12(2,3)7-6-21-11(15-7)16-10(20)14-4-8(17)13-5-9(18)19/h6H,4-5H2,1-3H3,(H,13,17)(H,18,19)(H2,14,15,16,20). The molecule has 21 heavy (non-hydrogen) atoms. The number of rotatable bonds is 5. The number of anilines is 1. The fourth-order valence-electron chi connectivity index (χ4n) is 1.21. The zero-order valence-corrected chi connectivity index (χ0v) is 12.8. The van der Waals surface area contributed by atoms with E-state index in [-0.39, 0.29) is 12.0 Å².